The van der Waals surface area contributed by atoms with Crippen LogP contribution >= 0.6 is 23.2 Å². The van der Waals surface area contributed by atoms with Gasteiger partial charge in [0.2, 0.25) is 0 Å². The van der Waals surface area contributed by atoms with Gasteiger partial charge in [0.25, 0.3) is 5.56 Å². The van der Waals surface area contributed by atoms with E-state index in [9.17, 15) is 9.18 Å². The van der Waals surface area contributed by atoms with E-state index in [0.717, 1.165) is 0 Å². The molecule has 1 unspecified atom stereocenters. The van der Waals surface area contributed by atoms with Crippen molar-refractivity contribution in [3.63, 3.8) is 0 Å². The van der Waals surface area contributed by atoms with Crippen LogP contribution in [-0.2, 0) is 0 Å². The first kappa shape index (κ1) is 20.4. The van der Waals surface area contributed by atoms with Gasteiger partial charge in [-0.1, -0.05) is 41.4 Å². The standard InChI is InChI=1S/C22H15Cl2FN6O/c1-11(30-21-18-20(27-9-26-18)28-10-29-21)16-8-12-4-2-7-15(25)17(12)22(32)31(16)19-13(23)5-3-6-14(19)24/h2-11H,1H3,(H2,26,27,28,29,30). The molecule has 0 aliphatic carbocycles. The molecule has 2 aromatic carbocycles. The van der Waals surface area contributed by atoms with E-state index in [2.05, 4.69) is 25.3 Å². The number of aromatic amines is 1. The molecule has 10 heteroatoms. The number of hydrogen-bond acceptors (Lipinski definition) is 5. The third kappa shape index (κ3) is 3.28. The number of anilines is 1. The maximum absolute atomic E-state index is 14.6. The summed E-state index contributed by atoms with van der Waals surface area (Å²) >= 11 is 12.9. The van der Waals surface area contributed by atoms with Crippen LogP contribution in [0.2, 0.25) is 10.0 Å². The second kappa shape index (κ2) is 7.89. The third-order valence-electron chi connectivity index (χ3n) is 5.21. The number of hydrogen-bond donors (Lipinski definition) is 2. The molecule has 32 heavy (non-hydrogen) atoms. The van der Waals surface area contributed by atoms with Gasteiger partial charge in [-0.15, -0.1) is 0 Å². The lowest BCUT2D eigenvalue weighted by Crippen LogP contribution is -2.26. The van der Waals surface area contributed by atoms with Gasteiger partial charge in [0.15, 0.2) is 11.5 Å². The van der Waals surface area contributed by atoms with Crippen molar-refractivity contribution in [2.75, 3.05) is 5.32 Å². The summed E-state index contributed by atoms with van der Waals surface area (Å²) in [6.07, 6.45) is 2.92. The van der Waals surface area contributed by atoms with Gasteiger partial charge in [-0.05, 0) is 36.6 Å². The maximum atomic E-state index is 14.6. The predicted molar refractivity (Wildman–Crippen MR) is 123 cm³/mol. The molecule has 0 saturated heterocycles. The zero-order chi connectivity index (χ0) is 22.4. The number of rotatable bonds is 4. The summed E-state index contributed by atoms with van der Waals surface area (Å²) in [6, 6.07) is 10.7. The number of para-hydroxylation sites is 1. The SMILES string of the molecule is CC(Nc1ncnc2nc[nH]c12)c1cc2cccc(F)c2c(=O)n1-c1c(Cl)cccc1Cl. The molecule has 5 rings (SSSR count). The number of aromatic nitrogens is 5. The molecule has 3 heterocycles. The van der Waals surface area contributed by atoms with Crippen LogP contribution < -0.4 is 10.9 Å². The fraction of sp³-hybridized carbons (Fsp3) is 0.0909. The minimum Gasteiger partial charge on any atom is -0.360 e. The molecule has 2 N–H and O–H groups in total. The number of H-pyrrole nitrogens is 1. The monoisotopic (exact) mass is 468 g/mol. The number of pyridine rings is 1. The molecular formula is C22H15Cl2FN6O. The van der Waals surface area contributed by atoms with Gasteiger partial charge in [-0.2, -0.15) is 0 Å². The Morgan fingerprint density at radius 2 is 1.84 bits per heavy atom. The van der Waals surface area contributed by atoms with Gasteiger partial charge in [0, 0.05) is 5.69 Å². The lowest BCUT2D eigenvalue weighted by Gasteiger charge is -2.22. The van der Waals surface area contributed by atoms with Crippen molar-refractivity contribution in [1.82, 2.24) is 24.5 Å². The van der Waals surface area contributed by atoms with Crippen LogP contribution in [0.5, 0.6) is 0 Å². The van der Waals surface area contributed by atoms with Crippen LogP contribution in [0, 0.1) is 5.82 Å². The van der Waals surface area contributed by atoms with E-state index < -0.39 is 17.4 Å². The molecule has 0 radical (unpaired) electrons. The van der Waals surface area contributed by atoms with E-state index in [1.807, 2.05) is 6.92 Å². The highest BCUT2D eigenvalue weighted by Gasteiger charge is 2.22. The summed E-state index contributed by atoms with van der Waals surface area (Å²) in [5.74, 6) is -0.116. The molecule has 3 aromatic heterocycles. The van der Waals surface area contributed by atoms with Gasteiger partial charge < -0.3 is 10.3 Å². The highest BCUT2D eigenvalue weighted by atomic mass is 35.5. The van der Waals surface area contributed by atoms with Crippen LogP contribution in [0.1, 0.15) is 18.7 Å². The van der Waals surface area contributed by atoms with Crippen molar-refractivity contribution in [3.8, 4) is 5.69 Å². The normalized spacial score (nSPS) is 12.4. The Hall–Kier alpha value is -3.49. The molecule has 0 bridgehead atoms. The molecule has 7 nitrogen and oxygen atoms in total. The van der Waals surface area contributed by atoms with Crippen LogP contribution in [-0.4, -0.2) is 24.5 Å². The lowest BCUT2D eigenvalue weighted by molar-refractivity contribution is 0.637. The Morgan fingerprint density at radius 3 is 2.62 bits per heavy atom. The zero-order valence-corrected chi connectivity index (χ0v) is 18.1. The van der Waals surface area contributed by atoms with Crippen molar-refractivity contribution < 1.29 is 4.39 Å². The summed E-state index contributed by atoms with van der Waals surface area (Å²) in [6.45, 7) is 1.85. The zero-order valence-electron chi connectivity index (χ0n) is 16.6. The molecule has 1 atom stereocenters. The fourth-order valence-corrected chi connectivity index (χ4v) is 4.31. The summed E-state index contributed by atoms with van der Waals surface area (Å²) in [4.78, 5) is 29.1. The van der Waals surface area contributed by atoms with E-state index >= 15 is 0 Å². The fourth-order valence-electron chi connectivity index (χ4n) is 3.75. The molecule has 160 valence electrons. The van der Waals surface area contributed by atoms with Gasteiger partial charge in [-0.3, -0.25) is 9.36 Å². The predicted octanol–water partition coefficient (Wildman–Crippen LogP) is 5.28. The van der Waals surface area contributed by atoms with Gasteiger partial charge in [0.1, 0.15) is 17.7 Å². The van der Waals surface area contributed by atoms with Crippen LogP contribution in [0.3, 0.4) is 0 Å². The first-order valence-electron chi connectivity index (χ1n) is 9.65. The average molecular weight is 469 g/mol. The van der Waals surface area contributed by atoms with Crippen LogP contribution in [0.4, 0.5) is 10.2 Å². The van der Waals surface area contributed by atoms with E-state index in [-0.39, 0.29) is 21.1 Å². The highest BCUT2D eigenvalue weighted by Crippen LogP contribution is 2.32. The minimum atomic E-state index is -0.619. The molecular weight excluding hydrogens is 454 g/mol. The molecule has 5 aromatic rings. The van der Waals surface area contributed by atoms with E-state index in [1.165, 1.54) is 23.3 Å². The Labute approximate surface area is 190 Å². The summed E-state index contributed by atoms with van der Waals surface area (Å²) in [5, 5.41) is 4.23. The Morgan fingerprint density at radius 1 is 1.09 bits per heavy atom. The smallest absolute Gasteiger partial charge is 0.266 e. The highest BCUT2D eigenvalue weighted by molar-refractivity contribution is 6.37. The Kier molecular flexibility index (Phi) is 5.03. The number of nitrogens with zero attached hydrogens (tertiary/aromatic N) is 4. The van der Waals surface area contributed by atoms with E-state index in [4.69, 9.17) is 23.2 Å². The quantitative estimate of drug-likeness (QED) is 0.374. The first-order valence-corrected chi connectivity index (χ1v) is 10.4. The maximum Gasteiger partial charge on any atom is 0.266 e. The molecule has 0 aliphatic rings. The van der Waals surface area contributed by atoms with Crippen molar-refractivity contribution in [2.24, 2.45) is 0 Å². The van der Waals surface area contributed by atoms with Crippen molar-refractivity contribution in [3.05, 3.63) is 87.0 Å². The van der Waals surface area contributed by atoms with E-state index in [1.54, 1.807) is 36.4 Å². The summed E-state index contributed by atoms with van der Waals surface area (Å²) in [5.41, 5.74) is 1.37. The summed E-state index contributed by atoms with van der Waals surface area (Å²) < 4.78 is 16.0. The topological polar surface area (TPSA) is 88.5 Å². The van der Waals surface area contributed by atoms with Crippen LogP contribution in [0.25, 0.3) is 27.6 Å². The van der Waals surface area contributed by atoms with Crippen molar-refractivity contribution >= 4 is 51.0 Å². The molecule has 0 amide bonds. The molecule has 0 fully saturated rings. The Balaban J connectivity index is 1.76. The van der Waals surface area contributed by atoms with Crippen molar-refractivity contribution in [2.45, 2.75) is 13.0 Å². The average Bonchev–Trinajstić information content (AvgIpc) is 3.24. The van der Waals surface area contributed by atoms with Crippen LogP contribution in [0.15, 0.2) is 59.9 Å². The number of fused-ring (bicyclic) bond motifs is 2. The number of nitrogens with one attached hydrogen (secondary N) is 2. The minimum absolute atomic E-state index is 0.0440. The number of halogens is 3. The van der Waals surface area contributed by atoms with Gasteiger partial charge in [0.05, 0.1) is 33.5 Å². The third-order valence-corrected chi connectivity index (χ3v) is 5.82. The van der Waals surface area contributed by atoms with Crippen molar-refractivity contribution in [1.29, 1.82) is 0 Å². The second-order valence-electron chi connectivity index (χ2n) is 7.17. The van der Waals surface area contributed by atoms with Gasteiger partial charge in [-0.25, -0.2) is 19.3 Å². The van der Waals surface area contributed by atoms with E-state index in [0.29, 0.717) is 28.1 Å². The Bertz CT molecular complexity index is 1530. The number of benzene rings is 2. The second-order valence-corrected chi connectivity index (χ2v) is 7.99. The number of imidazole rings is 1. The summed E-state index contributed by atoms with van der Waals surface area (Å²) in [7, 11) is 0. The molecule has 0 saturated carbocycles. The largest absolute Gasteiger partial charge is 0.360 e. The molecule has 0 spiro atoms. The first-order chi connectivity index (χ1) is 15.5. The van der Waals surface area contributed by atoms with Gasteiger partial charge >= 0.3 is 0 Å². The lowest BCUT2D eigenvalue weighted by atomic mass is 10.1. The molecule has 0 aliphatic heterocycles.